The van der Waals surface area contributed by atoms with E-state index in [1.807, 2.05) is 25.1 Å². The second-order valence-electron chi connectivity index (χ2n) is 3.44. The van der Waals surface area contributed by atoms with Crippen LogP contribution in [0.3, 0.4) is 0 Å². The number of benzene rings is 1. The number of rotatable bonds is 2. The minimum atomic E-state index is 0.412. The van der Waals surface area contributed by atoms with Crippen molar-refractivity contribution in [3.05, 3.63) is 28.4 Å². The maximum absolute atomic E-state index is 5.63. The van der Waals surface area contributed by atoms with Gasteiger partial charge in [0.15, 0.2) is 5.95 Å². The van der Waals surface area contributed by atoms with Crippen LogP contribution in [0, 0.1) is 6.92 Å². The largest absolute Gasteiger partial charge is 0.496 e. The van der Waals surface area contributed by atoms with Crippen LogP contribution in [0.15, 0.2) is 22.7 Å². The van der Waals surface area contributed by atoms with Crippen LogP contribution >= 0.6 is 15.9 Å². The van der Waals surface area contributed by atoms with Gasteiger partial charge in [-0.05, 0) is 25.1 Å². The van der Waals surface area contributed by atoms with E-state index in [9.17, 15) is 0 Å². The lowest BCUT2D eigenvalue weighted by atomic mass is 10.1. The lowest BCUT2D eigenvalue weighted by molar-refractivity contribution is 0.416. The highest BCUT2D eigenvalue weighted by atomic mass is 79.9. The summed E-state index contributed by atoms with van der Waals surface area (Å²) in [6.07, 6.45) is 0. The van der Waals surface area contributed by atoms with Gasteiger partial charge in [-0.2, -0.15) is 0 Å². The van der Waals surface area contributed by atoms with E-state index in [-0.39, 0.29) is 0 Å². The van der Waals surface area contributed by atoms with Gasteiger partial charge in [0.2, 0.25) is 0 Å². The normalized spacial score (nSPS) is 10.4. The first-order valence-electron chi connectivity index (χ1n) is 4.78. The van der Waals surface area contributed by atoms with Crippen LogP contribution in [0.25, 0.3) is 11.3 Å². The smallest absolute Gasteiger partial charge is 0.198 e. The van der Waals surface area contributed by atoms with Crippen molar-refractivity contribution in [2.45, 2.75) is 6.92 Å². The fraction of sp³-hybridized carbons (Fsp3) is 0.182. The van der Waals surface area contributed by atoms with Crippen molar-refractivity contribution < 1.29 is 4.74 Å². The van der Waals surface area contributed by atoms with Gasteiger partial charge < -0.3 is 15.5 Å². The summed E-state index contributed by atoms with van der Waals surface area (Å²) in [7, 11) is 1.64. The Bertz CT molecular complexity index is 522. The van der Waals surface area contributed by atoms with Gasteiger partial charge in [0.1, 0.15) is 5.75 Å². The summed E-state index contributed by atoms with van der Waals surface area (Å²) in [5.41, 5.74) is 8.29. The predicted octanol–water partition coefficient (Wildman–Crippen LogP) is 2.74. The van der Waals surface area contributed by atoms with Gasteiger partial charge in [0.05, 0.1) is 12.8 Å². The zero-order valence-corrected chi connectivity index (χ0v) is 10.6. The Kier molecular flexibility index (Phi) is 2.87. The van der Waals surface area contributed by atoms with Crippen LogP contribution in [0.5, 0.6) is 5.75 Å². The third-order valence-electron chi connectivity index (χ3n) is 2.32. The number of anilines is 1. The van der Waals surface area contributed by atoms with Gasteiger partial charge in [0, 0.05) is 15.7 Å². The van der Waals surface area contributed by atoms with Crippen molar-refractivity contribution >= 4 is 21.9 Å². The first kappa shape index (κ1) is 11.0. The number of nitrogens with two attached hydrogens (primary N) is 1. The van der Waals surface area contributed by atoms with Crippen LogP contribution in [-0.2, 0) is 0 Å². The Morgan fingerprint density at radius 1 is 1.44 bits per heavy atom. The number of methoxy groups -OCH3 is 1. The summed E-state index contributed by atoms with van der Waals surface area (Å²) in [5, 5.41) is 0. The minimum Gasteiger partial charge on any atom is -0.496 e. The standard InChI is InChI=1S/C11H12BrN3O/c1-6-10(15-11(13)14-6)8-5-7(12)3-4-9(8)16-2/h3-5H,1-2H3,(H3,13,14,15). The number of nitrogens with one attached hydrogen (secondary N) is 1. The Hall–Kier alpha value is -1.49. The number of aromatic amines is 1. The van der Waals surface area contributed by atoms with Crippen molar-refractivity contribution in [1.82, 2.24) is 9.97 Å². The molecule has 0 aliphatic heterocycles. The Labute approximate surface area is 102 Å². The van der Waals surface area contributed by atoms with E-state index < -0.39 is 0 Å². The van der Waals surface area contributed by atoms with Crippen molar-refractivity contribution in [1.29, 1.82) is 0 Å². The summed E-state index contributed by atoms with van der Waals surface area (Å²) in [5.74, 6) is 1.19. The van der Waals surface area contributed by atoms with Crippen LogP contribution in [0.1, 0.15) is 5.69 Å². The van der Waals surface area contributed by atoms with Crippen molar-refractivity contribution in [2.24, 2.45) is 0 Å². The summed E-state index contributed by atoms with van der Waals surface area (Å²) in [6.45, 7) is 1.93. The molecule has 5 heteroatoms. The van der Waals surface area contributed by atoms with Gasteiger partial charge in [-0.3, -0.25) is 0 Å². The molecule has 0 saturated carbocycles. The fourth-order valence-corrected chi connectivity index (χ4v) is 1.97. The molecule has 0 aliphatic carbocycles. The zero-order chi connectivity index (χ0) is 11.7. The highest BCUT2D eigenvalue weighted by Crippen LogP contribution is 2.33. The molecule has 16 heavy (non-hydrogen) atoms. The molecule has 0 spiro atoms. The lowest BCUT2D eigenvalue weighted by Crippen LogP contribution is -1.90. The zero-order valence-electron chi connectivity index (χ0n) is 9.04. The molecule has 1 aromatic carbocycles. The second-order valence-corrected chi connectivity index (χ2v) is 4.36. The number of halogens is 1. The molecule has 1 heterocycles. The maximum atomic E-state index is 5.63. The Morgan fingerprint density at radius 3 is 2.75 bits per heavy atom. The van der Waals surface area contributed by atoms with E-state index in [1.54, 1.807) is 7.11 Å². The monoisotopic (exact) mass is 281 g/mol. The second kappa shape index (κ2) is 4.17. The van der Waals surface area contributed by atoms with Crippen LogP contribution in [-0.4, -0.2) is 17.1 Å². The molecular formula is C11H12BrN3O. The molecule has 4 nitrogen and oxygen atoms in total. The number of imidazole rings is 1. The number of aryl methyl sites for hydroxylation is 1. The number of nitrogen functional groups attached to an aromatic ring is 1. The molecule has 2 rings (SSSR count). The topological polar surface area (TPSA) is 63.9 Å². The summed E-state index contributed by atoms with van der Waals surface area (Å²) < 4.78 is 6.28. The number of hydrogen-bond acceptors (Lipinski definition) is 3. The number of H-pyrrole nitrogens is 1. The third kappa shape index (κ3) is 1.90. The van der Waals surface area contributed by atoms with E-state index in [4.69, 9.17) is 10.5 Å². The fourth-order valence-electron chi connectivity index (χ4n) is 1.61. The molecule has 0 radical (unpaired) electrons. The first-order chi connectivity index (χ1) is 7.61. The average molecular weight is 282 g/mol. The molecule has 0 fully saturated rings. The number of hydrogen-bond donors (Lipinski definition) is 2. The van der Waals surface area contributed by atoms with Crippen molar-refractivity contribution in [3.8, 4) is 17.0 Å². The van der Waals surface area contributed by atoms with Crippen molar-refractivity contribution in [3.63, 3.8) is 0 Å². The van der Waals surface area contributed by atoms with Crippen molar-refractivity contribution in [2.75, 3.05) is 12.8 Å². The summed E-state index contributed by atoms with van der Waals surface area (Å²) in [4.78, 5) is 7.22. The summed E-state index contributed by atoms with van der Waals surface area (Å²) >= 11 is 3.43. The highest BCUT2D eigenvalue weighted by molar-refractivity contribution is 9.10. The van der Waals surface area contributed by atoms with E-state index >= 15 is 0 Å². The minimum absolute atomic E-state index is 0.412. The molecule has 3 N–H and O–H groups in total. The molecule has 1 aromatic heterocycles. The first-order valence-corrected chi connectivity index (χ1v) is 5.57. The molecule has 0 aliphatic rings. The van der Waals surface area contributed by atoms with Gasteiger partial charge in [0.25, 0.3) is 0 Å². The van der Waals surface area contributed by atoms with E-state index in [2.05, 4.69) is 25.9 Å². The highest BCUT2D eigenvalue weighted by Gasteiger charge is 2.12. The Balaban J connectivity index is 2.62. The molecule has 0 unspecified atom stereocenters. The average Bonchev–Trinajstić information content (AvgIpc) is 2.57. The van der Waals surface area contributed by atoms with Crippen LogP contribution < -0.4 is 10.5 Å². The maximum Gasteiger partial charge on any atom is 0.198 e. The molecular weight excluding hydrogens is 270 g/mol. The molecule has 84 valence electrons. The molecule has 0 atom stereocenters. The van der Waals surface area contributed by atoms with Crippen LogP contribution in [0.4, 0.5) is 5.95 Å². The van der Waals surface area contributed by atoms with Gasteiger partial charge in [-0.25, -0.2) is 4.98 Å². The molecule has 0 saturated heterocycles. The van der Waals surface area contributed by atoms with Crippen LogP contribution in [0.2, 0.25) is 0 Å². The summed E-state index contributed by atoms with van der Waals surface area (Å²) in [6, 6.07) is 5.78. The third-order valence-corrected chi connectivity index (χ3v) is 2.81. The Morgan fingerprint density at radius 2 is 2.19 bits per heavy atom. The van der Waals surface area contributed by atoms with E-state index in [0.29, 0.717) is 5.95 Å². The molecule has 0 bridgehead atoms. The predicted molar refractivity (Wildman–Crippen MR) is 67.4 cm³/mol. The van der Waals surface area contributed by atoms with Gasteiger partial charge in [-0.15, -0.1) is 0 Å². The SMILES string of the molecule is COc1ccc(Br)cc1-c1nc(N)[nH]c1C. The van der Waals surface area contributed by atoms with Gasteiger partial charge in [-0.1, -0.05) is 15.9 Å². The lowest BCUT2D eigenvalue weighted by Gasteiger charge is -2.07. The number of ether oxygens (including phenoxy) is 1. The number of aromatic nitrogens is 2. The molecule has 2 aromatic rings. The molecule has 0 amide bonds. The van der Waals surface area contributed by atoms with E-state index in [1.165, 1.54) is 0 Å². The van der Waals surface area contributed by atoms with E-state index in [0.717, 1.165) is 27.2 Å². The quantitative estimate of drug-likeness (QED) is 0.890. The number of nitrogens with zero attached hydrogens (tertiary/aromatic N) is 1. The van der Waals surface area contributed by atoms with Gasteiger partial charge >= 0.3 is 0 Å².